The highest BCUT2D eigenvalue weighted by Crippen LogP contribution is 2.29. The average molecular weight is 357 g/mol. The summed E-state index contributed by atoms with van der Waals surface area (Å²) in [6, 6.07) is 9.57. The van der Waals surface area contributed by atoms with Crippen LogP contribution in [0, 0.1) is 11.8 Å². The molecule has 2 fully saturated rings. The van der Waals surface area contributed by atoms with Crippen LogP contribution < -0.4 is 5.32 Å². The molecule has 1 aromatic rings. The van der Waals surface area contributed by atoms with Crippen LogP contribution >= 0.6 is 0 Å². The molecule has 142 valence electrons. The minimum atomic E-state index is -0.00235. The van der Waals surface area contributed by atoms with Gasteiger partial charge in [0.25, 0.3) is 0 Å². The van der Waals surface area contributed by atoms with Gasteiger partial charge in [0.15, 0.2) is 0 Å². The average Bonchev–Trinajstić information content (AvgIpc) is 3.47. The van der Waals surface area contributed by atoms with Crippen molar-refractivity contribution < 1.29 is 9.59 Å². The number of para-hydroxylation sites is 1. The van der Waals surface area contributed by atoms with Crippen molar-refractivity contribution in [3.05, 3.63) is 30.3 Å². The van der Waals surface area contributed by atoms with Crippen LogP contribution in [0.3, 0.4) is 0 Å². The Balaban J connectivity index is 1.43. The number of nitrogens with one attached hydrogen (secondary N) is 1. The Labute approximate surface area is 156 Å². The van der Waals surface area contributed by atoms with E-state index in [0.29, 0.717) is 19.6 Å². The van der Waals surface area contributed by atoms with Crippen molar-refractivity contribution >= 4 is 17.5 Å². The van der Waals surface area contributed by atoms with E-state index in [-0.39, 0.29) is 17.7 Å². The number of carbonyl (C=O) groups excluding carboxylic acids is 2. The van der Waals surface area contributed by atoms with E-state index >= 15 is 0 Å². The van der Waals surface area contributed by atoms with E-state index < -0.39 is 0 Å². The second-order valence-electron chi connectivity index (χ2n) is 7.69. The summed E-state index contributed by atoms with van der Waals surface area (Å²) in [6.07, 6.45) is 5.22. The van der Waals surface area contributed by atoms with E-state index in [1.54, 1.807) is 0 Å². The van der Waals surface area contributed by atoms with Crippen molar-refractivity contribution in [2.45, 2.75) is 39.0 Å². The topological polar surface area (TPSA) is 52.7 Å². The molecule has 2 amide bonds. The van der Waals surface area contributed by atoms with Gasteiger partial charge in [-0.05, 0) is 56.7 Å². The van der Waals surface area contributed by atoms with Gasteiger partial charge in [0.05, 0.1) is 6.54 Å². The molecule has 0 bridgehead atoms. The first-order valence-corrected chi connectivity index (χ1v) is 10.0. The highest BCUT2D eigenvalue weighted by atomic mass is 16.2. The van der Waals surface area contributed by atoms with E-state index in [2.05, 4.69) is 17.1 Å². The maximum Gasteiger partial charge on any atom is 0.236 e. The zero-order valence-corrected chi connectivity index (χ0v) is 15.8. The van der Waals surface area contributed by atoms with Gasteiger partial charge in [0.2, 0.25) is 11.8 Å². The molecule has 1 heterocycles. The molecule has 5 nitrogen and oxygen atoms in total. The predicted octanol–water partition coefficient (Wildman–Crippen LogP) is 2.99. The van der Waals surface area contributed by atoms with Crippen molar-refractivity contribution in [2.24, 2.45) is 11.8 Å². The van der Waals surface area contributed by atoms with Gasteiger partial charge in [-0.25, -0.2) is 0 Å². The Morgan fingerprint density at radius 2 is 1.81 bits per heavy atom. The van der Waals surface area contributed by atoms with E-state index in [0.717, 1.165) is 44.0 Å². The summed E-state index contributed by atoms with van der Waals surface area (Å²) < 4.78 is 0. The number of likely N-dealkylation sites (tertiary alicyclic amines) is 1. The van der Waals surface area contributed by atoms with Crippen LogP contribution in [0.25, 0.3) is 0 Å². The van der Waals surface area contributed by atoms with Crippen molar-refractivity contribution in [3.63, 3.8) is 0 Å². The van der Waals surface area contributed by atoms with Crippen LogP contribution in [0.1, 0.15) is 39.0 Å². The molecule has 0 unspecified atom stereocenters. The minimum Gasteiger partial charge on any atom is -0.342 e. The van der Waals surface area contributed by atoms with E-state index in [1.807, 2.05) is 35.2 Å². The number of amides is 2. The van der Waals surface area contributed by atoms with Gasteiger partial charge in [0.1, 0.15) is 0 Å². The highest BCUT2D eigenvalue weighted by Gasteiger charge is 2.29. The number of piperidine rings is 1. The molecule has 1 N–H and O–H groups in total. The lowest BCUT2D eigenvalue weighted by Crippen LogP contribution is -2.46. The SMILES string of the molecule is CCCN(CC(=O)N1CCC(C(=O)Nc2ccccc2)CC1)CC1CC1. The van der Waals surface area contributed by atoms with Gasteiger partial charge in [0, 0.05) is 31.2 Å². The van der Waals surface area contributed by atoms with Crippen molar-refractivity contribution in [1.82, 2.24) is 9.80 Å². The molecule has 5 heteroatoms. The van der Waals surface area contributed by atoms with Crippen molar-refractivity contribution in [1.29, 1.82) is 0 Å². The second kappa shape index (κ2) is 9.17. The first-order valence-electron chi connectivity index (χ1n) is 10.0. The van der Waals surface area contributed by atoms with Crippen LogP contribution in [0.5, 0.6) is 0 Å². The predicted molar refractivity (Wildman–Crippen MR) is 104 cm³/mol. The molecule has 26 heavy (non-hydrogen) atoms. The molecule has 2 aliphatic rings. The maximum atomic E-state index is 12.6. The molecule has 1 aromatic carbocycles. The molecule has 3 rings (SSSR count). The highest BCUT2D eigenvalue weighted by molar-refractivity contribution is 5.92. The van der Waals surface area contributed by atoms with Gasteiger partial charge in [-0.3, -0.25) is 14.5 Å². The summed E-state index contributed by atoms with van der Waals surface area (Å²) in [5.41, 5.74) is 0.839. The lowest BCUT2D eigenvalue weighted by atomic mass is 9.95. The van der Waals surface area contributed by atoms with Gasteiger partial charge >= 0.3 is 0 Å². The van der Waals surface area contributed by atoms with Crippen molar-refractivity contribution in [3.8, 4) is 0 Å². The third kappa shape index (κ3) is 5.56. The molecule has 1 saturated carbocycles. The molecule has 1 aliphatic heterocycles. The number of anilines is 1. The lowest BCUT2D eigenvalue weighted by Gasteiger charge is -2.33. The Bertz CT molecular complexity index is 593. The van der Waals surface area contributed by atoms with E-state index in [1.165, 1.54) is 12.8 Å². The lowest BCUT2D eigenvalue weighted by molar-refractivity contribution is -0.135. The van der Waals surface area contributed by atoms with Gasteiger partial charge in [-0.2, -0.15) is 0 Å². The second-order valence-corrected chi connectivity index (χ2v) is 7.69. The number of hydrogen-bond acceptors (Lipinski definition) is 3. The summed E-state index contributed by atoms with van der Waals surface area (Å²) in [5, 5.41) is 2.98. The molecular weight excluding hydrogens is 326 g/mol. The van der Waals surface area contributed by atoms with E-state index in [4.69, 9.17) is 0 Å². The zero-order chi connectivity index (χ0) is 18.4. The van der Waals surface area contributed by atoms with Gasteiger partial charge in [-0.1, -0.05) is 25.1 Å². The first-order chi connectivity index (χ1) is 12.7. The molecule has 0 spiro atoms. The Morgan fingerprint density at radius 1 is 1.12 bits per heavy atom. The molecule has 0 radical (unpaired) electrons. The minimum absolute atomic E-state index is 0.00235. The maximum absolute atomic E-state index is 12.6. The monoisotopic (exact) mass is 357 g/mol. The third-order valence-electron chi connectivity index (χ3n) is 5.37. The molecule has 0 aromatic heterocycles. The summed E-state index contributed by atoms with van der Waals surface area (Å²) in [5.74, 6) is 1.10. The summed E-state index contributed by atoms with van der Waals surface area (Å²) >= 11 is 0. The summed E-state index contributed by atoms with van der Waals surface area (Å²) in [6.45, 7) is 6.14. The summed E-state index contributed by atoms with van der Waals surface area (Å²) in [7, 11) is 0. The van der Waals surface area contributed by atoms with Crippen LogP contribution in [0.4, 0.5) is 5.69 Å². The molecule has 1 aliphatic carbocycles. The fourth-order valence-corrected chi connectivity index (χ4v) is 3.66. The van der Waals surface area contributed by atoms with Crippen LogP contribution in [0.2, 0.25) is 0 Å². The Kier molecular flexibility index (Phi) is 6.67. The zero-order valence-electron chi connectivity index (χ0n) is 15.8. The largest absolute Gasteiger partial charge is 0.342 e. The molecular formula is C21H31N3O2. The number of carbonyl (C=O) groups is 2. The first kappa shape index (κ1) is 18.9. The fraction of sp³-hybridized carbons (Fsp3) is 0.619. The van der Waals surface area contributed by atoms with Gasteiger partial charge < -0.3 is 10.2 Å². The van der Waals surface area contributed by atoms with Crippen LogP contribution in [-0.2, 0) is 9.59 Å². The fourth-order valence-electron chi connectivity index (χ4n) is 3.66. The van der Waals surface area contributed by atoms with Gasteiger partial charge in [-0.15, -0.1) is 0 Å². The normalized spacial score (nSPS) is 18.2. The number of rotatable bonds is 8. The number of hydrogen-bond donors (Lipinski definition) is 1. The molecule has 0 atom stereocenters. The number of nitrogens with zero attached hydrogens (tertiary/aromatic N) is 2. The van der Waals surface area contributed by atoms with Crippen LogP contribution in [-0.4, -0.2) is 54.3 Å². The summed E-state index contributed by atoms with van der Waals surface area (Å²) in [4.78, 5) is 29.3. The third-order valence-corrected chi connectivity index (χ3v) is 5.37. The smallest absolute Gasteiger partial charge is 0.236 e. The molecule has 1 saturated heterocycles. The Hall–Kier alpha value is -1.88. The quantitative estimate of drug-likeness (QED) is 0.778. The van der Waals surface area contributed by atoms with Crippen LogP contribution in [0.15, 0.2) is 30.3 Å². The Morgan fingerprint density at radius 3 is 2.42 bits per heavy atom. The van der Waals surface area contributed by atoms with Crippen molar-refractivity contribution in [2.75, 3.05) is 38.0 Å². The number of benzene rings is 1. The van der Waals surface area contributed by atoms with E-state index in [9.17, 15) is 9.59 Å². The standard InChI is InChI=1S/C21H31N3O2/c1-2-12-23(15-17-8-9-17)16-20(25)24-13-10-18(11-14-24)21(26)22-19-6-4-3-5-7-19/h3-7,17-18H,2,8-16H2,1H3,(H,22,26).